The van der Waals surface area contributed by atoms with Crippen LogP contribution in [0.3, 0.4) is 0 Å². The van der Waals surface area contributed by atoms with Crippen molar-refractivity contribution in [2.45, 2.75) is 13.8 Å². The maximum atomic E-state index is 11.5. The van der Waals surface area contributed by atoms with Gasteiger partial charge in [-0.2, -0.15) is 0 Å². The summed E-state index contributed by atoms with van der Waals surface area (Å²) in [6, 6.07) is 0. The van der Waals surface area contributed by atoms with Crippen LogP contribution < -0.4 is 11.1 Å². The summed E-state index contributed by atoms with van der Waals surface area (Å²) >= 11 is 1.19. The molecule has 74 valence electrons. The molecule has 0 aromatic carbocycles. The van der Waals surface area contributed by atoms with Gasteiger partial charge in [-0.25, -0.2) is 4.98 Å². The second-order valence-electron chi connectivity index (χ2n) is 2.58. The Balaban J connectivity index is 2.68. The van der Waals surface area contributed by atoms with Gasteiger partial charge in [-0.05, 0) is 13.8 Å². The van der Waals surface area contributed by atoms with E-state index in [1.54, 1.807) is 13.8 Å². The van der Waals surface area contributed by atoms with Gasteiger partial charge in [-0.15, -0.1) is 5.92 Å². The van der Waals surface area contributed by atoms with Gasteiger partial charge in [0, 0.05) is 0 Å². The number of aromatic nitrogens is 1. The number of aryl methyl sites for hydroxylation is 1. The molecule has 1 heterocycles. The topological polar surface area (TPSA) is 68.0 Å². The van der Waals surface area contributed by atoms with Crippen LogP contribution in [0.1, 0.15) is 22.3 Å². The van der Waals surface area contributed by atoms with E-state index < -0.39 is 0 Å². The van der Waals surface area contributed by atoms with Gasteiger partial charge in [0.25, 0.3) is 5.91 Å². The van der Waals surface area contributed by atoms with E-state index in [2.05, 4.69) is 22.1 Å². The number of rotatable bonds is 2. The zero-order chi connectivity index (χ0) is 10.6. The van der Waals surface area contributed by atoms with E-state index in [1.807, 2.05) is 0 Å². The van der Waals surface area contributed by atoms with Gasteiger partial charge in [-0.1, -0.05) is 17.3 Å². The lowest BCUT2D eigenvalue weighted by molar-refractivity contribution is 0.0962. The van der Waals surface area contributed by atoms with E-state index in [0.29, 0.717) is 22.2 Å². The lowest BCUT2D eigenvalue weighted by Crippen LogP contribution is -2.23. The maximum absolute atomic E-state index is 11.5. The molecule has 0 atom stereocenters. The molecule has 0 aliphatic heterocycles. The first-order valence-electron chi connectivity index (χ1n) is 4.06. The van der Waals surface area contributed by atoms with Gasteiger partial charge in [0.05, 0.1) is 12.2 Å². The van der Waals surface area contributed by atoms with Crippen molar-refractivity contribution in [1.29, 1.82) is 0 Å². The Morgan fingerprint density at radius 1 is 1.71 bits per heavy atom. The molecule has 1 amide bonds. The Labute approximate surface area is 86.5 Å². The number of hydrogen-bond acceptors (Lipinski definition) is 4. The standard InChI is InChI=1S/C9H11N3OS/c1-3-4-5-11-8(13)7-6(2)12-9(10)14-7/h5H2,1-2H3,(H2,10,12)(H,11,13). The molecular weight excluding hydrogens is 198 g/mol. The molecule has 1 aromatic rings. The summed E-state index contributed by atoms with van der Waals surface area (Å²) in [5, 5.41) is 3.07. The van der Waals surface area contributed by atoms with E-state index in [9.17, 15) is 4.79 Å². The molecule has 4 nitrogen and oxygen atoms in total. The number of nitrogens with one attached hydrogen (secondary N) is 1. The third-order valence-corrected chi connectivity index (χ3v) is 2.52. The minimum Gasteiger partial charge on any atom is -0.375 e. The highest BCUT2D eigenvalue weighted by Gasteiger charge is 2.12. The number of hydrogen-bond donors (Lipinski definition) is 2. The highest BCUT2D eigenvalue weighted by atomic mass is 32.1. The lowest BCUT2D eigenvalue weighted by atomic mass is 10.4. The average Bonchev–Trinajstić information content (AvgIpc) is 2.45. The van der Waals surface area contributed by atoms with E-state index in [-0.39, 0.29) is 5.91 Å². The van der Waals surface area contributed by atoms with Gasteiger partial charge in [0.1, 0.15) is 4.88 Å². The predicted octanol–water partition coefficient (Wildman–Crippen LogP) is 0.787. The Morgan fingerprint density at radius 2 is 2.43 bits per heavy atom. The van der Waals surface area contributed by atoms with Crippen molar-refractivity contribution in [2.24, 2.45) is 0 Å². The quantitative estimate of drug-likeness (QED) is 0.707. The number of nitrogens with zero attached hydrogens (tertiary/aromatic N) is 1. The van der Waals surface area contributed by atoms with Crippen LogP contribution in [0.4, 0.5) is 5.13 Å². The molecule has 0 bridgehead atoms. The second kappa shape index (κ2) is 4.63. The molecule has 0 unspecified atom stereocenters. The van der Waals surface area contributed by atoms with E-state index >= 15 is 0 Å². The molecule has 0 aliphatic rings. The Morgan fingerprint density at radius 3 is 2.93 bits per heavy atom. The smallest absolute Gasteiger partial charge is 0.264 e. The highest BCUT2D eigenvalue weighted by molar-refractivity contribution is 7.17. The summed E-state index contributed by atoms with van der Waals surface area (Å²) in [5.41, 5.74) is 6.13. The zero-order valence-corrected chi connectivity index (χ0v) is 8.86. The van der Waals surface area contributed by atoms with Gasteiger partial charge in [-0.3, -0.25) is 4.79 Å². The van der Waals surface area contributed by atoms with E-state index in [1.165, 1.54) is 11.3 Å². The fourth-order valence-electron chi connectivity index (χ4n) is 0.921. The summed E-state index contributed by atoms with van der Waals surface area (Å²) in [7, 11) is 0. The summed E-state index contributed by atoms with van der Waals surface area (Å²) in [4.78, 5) is 16.0. The number of carbonyl (C=O) groups is 1. The predicted molar refractivity (Wildman–Crippen MR) is 57.0 cm³/mol. The van der Waals surface area contributed by atoms with Gasteiger partial charge < -0.3 is 11.1 Å². The van der Waals surface area contributed by atoms with E-state index in [0.717, 1.165) is 0 Å². The maximum Gasteiger partial charge on any atom is 0.264 e. The first kappa shape index (κ1) is 10.5. The third-order valence-electron chi connectivity index (χ3n) is 1.53. The van der Waals surface area contributed by atoms with E-state index in [4.69, 9.17) is 5.73 Å². The van der Waals surface area contributed by atoms with Crippen LogP contribution in [0.5, 0.6) is 0 Å². The van der Waals surface area contributed by atoms with Crippen molar-refractivity contribution in [2.75, 3.05) is 12.3 Å². The summed E-state index contributed by atoms with van der Waals surface area (Å²) in [5.74, 6) is 5.27. The molecule has 14 heavy (non-hydrogen) atoms. The lowest BCUT2D eigenvalue weighted by Gasteiger charge is -1.97. The van der Waals surface area contributed by atoms with Crippen molar-refractivity contribution in [3.8, 4) is 11.8 Å². The summed E-state index contributed by atoms with van der Waals surface area (Å²) in [6.45, 7) is 3.84. The fraction of sp³-hybridized carbons (Fsp3) is 0.333. The molecular formula is C9H11N3OS. The summed E-state index contributed by atoms with van der Waals surface area (Å²) in [6.07, 6.45) is 0. The van der Waals surface area contributed by atoms with Gasteiger partial charge >= 0.3 is 0 Å². The molecule has 5 heteroatoms. The SMILES string of the molecule is CC#CCNC(=O)c1sc(N)nc1C. The van der Waals surface area contributed by atoms with Crippen LogP contribution in [-0.2, 0) is 0 Å². The molecule has 0 radical (unpaired) electrons. The highest BCUT2D eigenvalue weighted by Crippen LogP contribution is 2.18. The normalized spacial score (nSPS) is 9.00. The van der Waals surface area contributed by atoms with Crippen LogP contribution in [0.15, 0.2) is 0 Å². The molecule has 0 spiro atoms. The van der Waals surface area contributed by atoms with Crippen LogP contribution in [0.2, 0.25) is 0 Å². The van der Waals surface area contributed by atoms with Crippen molar-refractivity contribution < 1.29 is 4.79 Å². The number of anilines is 1. The Kier molecular flexibility index (Phi) is 3.48. The average molecular weight is 209 g/mol. The number of thiazole rings is 1. The molecule has 0 saturated carbocycles. The third kappa shape index (κ3) is 2.47. The number of amides is 1. The van der Waals surface area contributed by atoms with Crippen molar-refractivity contribution in [1.82, 2.24) is 10.3 Å². The Bertz CT molecular complexity index is 400. The minimum absolute atomic E-state index is 0.167. The molecule has 1 aromatic heterocycles. The summed E-state index contributed by atoms with van der Waals surface area (Å²) < 4.78 is 0. The number of carbonyl (C=O) groups excluding carboxylic acids is 1. The first-order chi connectivity index (χ1) is 6.65. The molecule has 1 rings (SSSR count). The minimum atomic E-state index is -0.167. The Hall–Kier alpha value is -1.54. The molecule has 0 fully saturated rings. The zero-order valence-electron chi connectivity index (χ0n) is 8.05. The number of nitrogens with two attached hydrogens (primary N) is 1. The van der Waals surface area contributed by atoms with Gasteiger partial charge in [0.15, 0.2) is 5.13 Å². The van der Waals surface area contributed by atoms with Crippen molar-refractivity contribution >= 4 is 22.4 Å². The second-order valence-corrected chi connectivity index (χ2v) is 3.61. The first-order valence-corrected chi connectivity index (χ1v) is 4.87. The fourth-order valence-corrected chi connectivity index (χ4v) is 1.67. The molecule has 0 aliphatic carbocycles. The van der Waals surface area contributed by atoms with Crippen molar-refractivity contribution in [3.05, 3.63) is 10.6 Å². The number of nitrogen functional groups attached to an aromatic ring is 1. The van der Waals surface area contributed by atoms with Crippen LogP contribution in [0, 0.1) is 18.8 Å². The molecule has 3 N–H and O–H groups in total. The largest absolute Gasteiger partial charge is 0.375 e. The monoisotopic (exact) mass is 209 g/mol. The van der Waals surface area contributed by atoms with Crippen LogP contribution >= 0.6 is 11.3 Å². The molecule has 0 saturated heterocycles. The van der Waals surface area contributed by atoms with Crippen LogP contribution in [-0.4, -0.2) is 17.4 Å². The van der Waals surface area contributed by atoms with Gasteiger partial charge in [0.2, 0.25) is 0 Å². The van der Waals surface area contributed by atoms with Crippen molar-refractivity contribution in [3.63, 3.8) is 0 Å². The van der Waals surface area contributed by atoms with Crippen LogP contribution in [0.25, 0.3) is 0 Å².